The van der Waals surface area contributed by atoms with Crippen LogP contribution in [-0.2, 0) is 35.0 Å². The van der Waals surface area contributed by atoms with Crippen LogP contribution in [0.2, 0.25) is 0 Å². The standard InChI is InChI=1S/C26H37NO8/c1-25(31-5)26(2,32-6)35-24-21(14-11-19(17-29-3)23(24)34-25)22(8-7-15-27-28)33-16-18-9-12-20(30-4)13-10-18/h7-15,19,21-24,28H,16-17H2,1-6H3/b8-7-,27-15-/t19-,21-,22-,23+,24+,25-,26-/m0/s1. The van der Waals surface area contributed by atoms with E-state index in [4.69, 9.17) is 38.4 Å². The lowest BCUT2D eigenvalue weighted by molar-refractivity contribution is -0.457. The topological polar surface area (TPSA) is 97.2 Å². The van der Waals surface area contributed by atoms with E-state index < -0.39 is 23.8 Å². The molecule has 1 N–H and O–H groups in total. The fraction of sp³-hybridized carbons (Fsp3) is 0.577. The molecular weight excluding hydrogens is 454 g/mol. The molecule has 0 spiro atoms. The number of hydrogen-bond acceptors (Lipinski definition) is 9. The normalized spacial score (nSPS) is 33.8. The summed E-state index contributed by atoms with van der Waals surface area (Å²) in [6, 6.07) is 7.69. The number of oxime groups is 1. The fourth-order valence-corrected chi connectivity index (χ4v) is 4.50. The molecule has 1 aromatic carbocycles. The molecule has 1 aliphatic heterocycles. The number of rotatable bonds is 11. The zero-order valence-corrected chi connectivity index (χ0v) is 21.2. The van der Waals surface area contributed by atoms with Gasteiger partial charge in [0.1, 0.15) is 5.75 Å². The van der Waals surface area contributed by atoms with Gasteiger partial charge in [0.25, 0.3) is 0 Å². The van der Waals surface area contributed by atoms with E-state index in [9.17, 15) is 0 Å². The van der Waals surface area contributed by atoms with E-state index in [0.717, 1.165) is 11.3 Å². The highest BCUT2D eigenvalue weighted by atomic mass is 16.8. The molecule has 0 unspecified atom stereocenters. The van der Waals surface area contributed by atoms with Crippen molar-refractivity contribution in [2.45, 2.75) is 50.3 Å². The second-order valence-electron chi connectivity index (χ2n) is 8.82. The van der Waals surface area contributed by atoms with Crippen LogP contribution in [-0.4, -0.2) is 76.4 Å². The first-order valence-corrected chi connectivity index (χ1v) is 11.6. The molecule has 1 aromatic rings. The summed E-state index contributed by atoms with van der Waals surface area (Å²) >= 11 is 0. The molecule has 194 valence electrons. The Morgan fingerprint density at radius 3 is 2.23 bits per heavy atom. The van der Waals surface area contributed by atoms with Gasteiger partial charge in [0.05, 0.1) is 44.9 Å². The van der Waals surface area contributed by atoms with E-state index in [1.807, 2.05) is 30.3 Å². The van der Waals surface area contributed by atoms with Crippen molar-refractivity contribution >= 4 is 6.21 Å². The molecule has 1 saturated heterocycles. The Labute approximate surface area is 207 Å². The first-order chi connectivity index (χ1) is 16.8. The predicted octanol–water partition coefficient (Wildman–Crippen LogP) is 3.55. The van der Waals surface area contributed by atoms with Gasteiger partial charge in [0, 0.05) is 33.2 Å². The summed E-state index contributed by atoms with van der Waals surface area (Å²) in [5.41, 5.74) is 0.989. The third kappa shape index (κ3) is 5.94. The second kappa shape index (κ2) is 12.1. The number of allylic oxidation sites excluding steroid dienone is 1. The lowest BCUT2D eigenvalue weighted by atomic mass is 9.79. The van der Waals surface area contributed by atoms with Crippen LogP contribution in [0.25, 0.3) is 0 Å². The van der Waals surface area contributed by atoms with Crippen molar-refractivity contribution in [2.75, 3.05) is 35.0 Å². The Morgan fingerprint density at radius 1 is 1.00 bits per heavy atom. The van der Waals surface area contributed by atoms with Gasteiger partial charge in [-0.1, -0.05) is 35.5 Å². The van der Waals surface area contributed by atoms with Crippen LogP contribution in [0.5, 0.6) is 5.75 Å². The molecule has 0 amide bonds. The van der Waals surface area contributed by atoms with E-state index in [1.165, 1.54) is 6.21 Å². The maximum absolute atomic E-state index is 8.88. The van der Waals surface area contributed by atoms with Crippen molar-refractivity contribution in [3.8, 4) is 5.75 Å². The van der Waals surface area contributed by atoms with Crippen LogP contribution in [0.3, 0.4) is 0 Å². The summed E-state index contributed by atoms with van der Waals surface area (Å²) in [5.74, 6) is -1.81. The molecule has 9 nitrogen and oxygen atoms in total. The molecule has 1 heterocycles. The van der Waals surface area contributed by atoms with Crippen molar-refractivity contribution in [3.63, 3.8) is 0 Å². The lowest BCUT2D eigenvalue weighted by Crippen LogP contribution is -2.68. The Hall–Kier alpha value is -2.27. The molecule has 2 aliphatic rings. The van der Waals surface area contributed by atoms with Gasteiger partial charge >= 0.3 is 0 Å². The van der Waals surface area contributed by atoms with Crippen LogP contribution in [0.4, 0.5) is 0 Å². The Morgan fingerprint density at radius 2 is 1.66 bits per heavy atom. The molecule has 1 fully saturated rings. The van der Waals surface area contributed by atoms with Gasteiger partial charge in [-0.3, -0.25) is 0 Å². The van der Waals surface area contributed by atoms with Gasteiger partial charge in [-0.25, -0.2) is 0 Å². The number of hydrogen-bond donors (Lipinski definition) is 1. The van der Waals surface area contributed by atoms with Gasteiger partial charge in [-0.2, -0.15) is 0 Å². The van der Waals surface area contributed by atoms with E-state index in [1.54, 1.807) is 48.4 Å². The monoisotopic (exact) mass is 491 g/mol. The molecule has 0 aromatic heterocycles. The fourth-order valence-electron chi connectivity index (χ4n) is 4.50. The first-order valence-electron chi connectivity index (χ1n) is 11.6. The van der Waals surface area contributed by atoms with Gasteiger partial charge in [-0.05, 0) is 37.6 Å². The quantitative estimate of drug-likeness (QED) is 0.217. The minimum absolute atomic E-state index is 0.0534. The summed E-state index contributed by atoms with van der Waals surface area (Å²) in [5, 5.41) is 11.9. The zero-order valence-electron chi connectivity index (χ0n) is 21.2. The Balaban J connectivity index is 1.91. The van der Waals surface area contributed by atoms with E-state index in [-0.39, 0.29) is 17.9 Å². The number of benzene rings is 1. The number of ether oxygens (including phenoxy) is 7. The van der Waals surface area contributed by atoms with E-state index >= 15 is 0 Å². The van der Waals surface area contributed by atoms with Crippen LogP contribution in [0, 0.1) is 11.8 Å². The molecule has 0 saturated carbocycles. The molecule has 0 radical (unpaired) electrons. The predicted molar refractivity (Wildman–Crippen MR) is 130 cm³/mol. The number of methoxy groups -OCH3 is 4. The van der Waals surface area contributed by atoms with Crippen LogP contribution < -0.4 is 4.74 Å². The molecule has 3 rings (SSSR count). The van der Waals surface area contributed by atoms with Gasteiger partial charge in [-0.15, -0.1) is 0 Å². The summed E-state index contributed by atoms with van der Waals surface area (Å²) in [4.78, 5) is 0. The molecule has 0 bridgehead atoms. The van der Waals surface area contributed by atoms with Crippen molar-refractivity contribution in [3.05, 3.63) is 54.1 Å². The van der Waals surface area contributed by atoms with Crippen molar-refractivity contribution < 1.29 is 38.4 Å². The van der Waals surface area contributed by atoms with Gasteiger partial charge < -0.3 is 38.4 Å². The first kappa shape index (κ1) is 27.3. The van der Waals surface area contributed by atoms with Crippen molar-refractivity contribution in [1.29, 1.82) is 0 Å². The van der Waals surface area contributed by atoms with Gasteiger partial charge in [0.15, 0.2) is 0 Å². The highest BCUT2D eigenvalue weighted by Crippen LogP contribution is 2.46. The number of nitrogens with zero attached hydrogens (tertiary/aromatic N) is 1. The summed E-state index contributed by atoms with van der Waals surface area (Å²) in [6.45, 7) is 4.42. The number of fused-ring (bicyclic) bond motifs is 1. The highest BCUT2D eigenvalue weighted by Gasteiger charge is 2.60. The largest absolute Gasteiger partial charge is 0.497 e. The maximum Gasteiger partial charge on any atom is 0.220 e. The molecular formula is C26H37NO8. The smallest absolute Gasteiger partial charge is 0.220 e. The SMILES string of the molecule is COC[C@@H]1C=C[C@@H]([C@H](/C=C\C=N/O)OCc2ccc(OC)cc2)[C@H]2O[C@](C)(OC)[C@@](C)(OC)O[C@@H]21. The lowest BCUT2D eigenvalue weighted by Gasteiger charge is -2.56. The molecule has 7 atom stereocenters. The second-order valence-corrected chi connectivity index (χ2v) is 8.82. The average Bonchev–Trinajstić information content (AvgIpc) is 2.88. The third-order valence-corrected chi connectivity index (χ3v) is 6.83. The Bertz CT molecular complexity index is 888. The average molecular weight is 492 g/mol. The molecule has 35 heavy (non-hydrogen) atoms. The maximum atomic E-state index is 8.88. The third-order valence-electron chi connectivity index (χ3n) is 6.83. The zero-order chi connectivity index (χ0) is 25.5. The van der Waals surface area contributed by atoms with E-state index in [0.29, 0.717) is 13.2 Å². The Kier molecular flexibility index (Phi) is 9.46. The van der Waals surface area contributed by atoms with E-state index in [2.05, 4.69) is 17.3 Å². The van der Waals surface area contributed by atoms with Crippen LogP contribution in [0.1, 0.15) is 19.4 Å². The van der Waals surface area contributed by atoms with Gasteiger partial charge in [0.2, 0.25) is 11.6 Å². The summed E-state index contributed by atoms with van der Waals surface area (Å²) < 4.78 is 41.6. The van der Waals surface area contributed by atoms with Crippen molar-refractivity contribution in [1.82, 2.24) is 0 Å². The van der Waals surface area contributed by atoms with Crippen LogP contribution >= 0.6 is 0 Å². The van der Waals surface area contributed by atoms with Crippen LogP contribution in [0.15, 0.2) is 53.7 Å². The minimum Gasteiger partial charge on any atom is -0.497 e. The molecule has 1 aliphatic carbocycles. The minimum atomic E-state index is -1.17. The summed E-state index contributed by atoms with van der Waals surface area (Å²) in [6.07, 6.45) is 7.70. The highest BCUT2D eigenvalue weighted by molar-refractivity contribution is 5.70. The summed E-state index contributed by atoms with van der Waals surface area (Å²) in [7, 11) is 6.42. The van der Waals surface area contributed by atoms with Crippen molar-refractivity contribution in [2.24, 2.45) is 17.0 Å². The molecule has 9 heteroatoms.